The molecular weight excluding hydrogens is 204 g/mol. The molecule has 0 amide bonds. The highest BCUT2D eigenvalue weighted by Crippen LogP contribution is 2.42. The first-order chi connectivity index (χ1) is 7.67. The Balaban J connectivity index is 2.48. The van der Waals surface area contributed by atoms with Crippen molar-refractivity contribution in [2.75, 3.05) is 26.1 Å². The molecule has 0 radical (unpaired) electrons. The monoisotopic (exact) mass is 222 g/mol. The van der Waals surface area contributed by atoms with Gasteiger partial charge in [0, 0.05) is 24.6 Å². The molecule has 2 atom stereocenters. The van der Waals surface area contributed by atoms with Crippen LogP contribution in [-0.2, 0) is 0 Å². The van der Waals surface area contributed by atoms with E-state index in [1.807, 2.05) is 19.1 Å². The molecule has 0 bridgehead atoms. The van der Waals surface area contributed by atoms with Gasteiger partial charge in [-0.15, -0.1) is 0 Å². The van der Waals surface area contributed by atoms with Gasteiger partial charge in [0.15, 0.2) is 0 Å². The second-order valence-electron chi connectivity index (χ2n) is 4.14. The summed E-state index contributed by atoms with van der Waals surface area (Å²) in [5, 5.41) is 3.34. The van der Waals surface area contributed by atoms with E-state index in [1.54, 1.807) is 14.2 Å². The van der Waals surface area contributed by atoms with Crippen LogP contribution in [0.4, 0.5) is 5.69 Å². The van der Waals surface area contributed by atoms with Gasteiger partial charge in [-0.3, -0.25) is 0 Å². The van der Waals surface area contributed by atoms with Crippen LogP contribution < -0.4 is 20.5 Å². The number of nitrogens with two attached hydrogens (primary N) is 1. The minimum Gasteiger partial charge on any atom is -0.497 e. The lowest BCUT2D eigenvalue weighted by Crippen LogP contribution is -2.25. The van der Waals surface area contributed by atoms with E-state index in [-0.39, 0.29) is 6.04 Å². The molecule has 16 heavy (non-hydrogen) atoms. The molecule has 0 aromatic heterocycles. The van der Waals surface area contributed by atoms with Crippen LogP contribution in [-0.4, -0.2) is 26.8 Å². The standard InChI is InChI=1S/C12H18N2O2/c1-7(13)10-6-14-12-9(10)4-8(15-2)5-11(12)16-3/h4-5,7,10,14H,6,13H2,1-3H3. The van der Waals surface area contributed by atoms with Crippen molar-refractivity contribution in [2.24, 2.45) is 5.73 Å². The summed E-state index contributed by atoms with van der Waals surface area (Å²) in [7, 11) is 3.32. The lowest BCUT2D eigenvalue weighted by atomic mass is 9.94. The Bertz CT molecular complexity index is 391. The molecule has 1 aliphatic rings. The zero-order valence-electron chi connectivity index (χ0n) is 9.91. The van der Waals surface area contributed by atoms with Crippen LogP contribution in [0.2, 0.25) is 0 Å². The highest BCUT2D eigenvalue weighted by Gasteiger charge is 2.28. The van der Waals surface area contributed by atoms with Crippen LogP contribution >= 0.6 is 0 Å². The molecule has 3 N–H and O–H groups in total. The summed E-state index contributed by atoms with van der Waals surface area (Å²) in [6.45, 7) is 2.88. The first-order valence-corrected chi connectivity index (χ1v) is 5.42. The zero-order chi connectivity index (χ0) is 11.7. The Morgan fingerprint density at radius 2 is 2.12 bits per heavy atom. The van der Waals surface area contributed by atoms with E-state index in [4.69, 9.17) is 15.2 Å². The number of benzene rings is 1. The molecule has 2 rings (SSSR count). The van der Waals surface area contributed by atoms with E-state index in [2.05, 4.69) is 5.32 Å². The van der Waals surface area contributed by atoms with Crippen molar-refractivity contribution in [1.29, 1.82) is 0 Å². The van der Waals surface area contributed by atoms with Crippen LogP contribution in [0.3, 0.4) is 0 Å². The Labute approximate surface area is 95.7 Å². The summed E-state index contributed by atoms with van der Waals surface area (Å²) in [4.78, 5) is 0. The molecule has 1 heterocycles. The van der Waals surface area contributed by atoms with E-state index in [9.17, 15) is 0 Å². The number of rotatable bonds is 3. The third-order valence-corrected chi connectivity index (χ3v) is 3.09. The van der Waals surface area contributed by atoms with E-state index in [0.29, 0.717) is 5.92 Å². The minimum atomic E-state index is 0.116. The number of hydrogen-bond acceptors (Lipinski definition) is 4. The van der Waals surface area contributed by atoms with Gasteiger partial charge in [0.1, 0.15) is 11.5 Å². The fraction of sp³-hybridized carbons (Fsp3) is 0.500. The summed E-state index contributed by atoms with van der Waals surface area (Å²) < 4.78 is 10.6. The third kappa shape index (κ3) is 1.69. The van der Waals surface area contributed by atoms with Crippen molar-refractivity contribution < 1.29 is 9.47 Å². The quantitative estimate of drug-likeness (QED) is 0.815. The van der Waals surface area contributed by atoms with Gasteiger partial charge in [-0.05, 0) is 18.6 Å². The number of ether oxygens (including phenoxy) is 2. The van der Waals surface area contributed by atoms with Crippen molar-refractivity contribution in [1.82, 2.24) is 0 Å². The smallest absolute Gasteiger partial charge is 0.145 e. The largest absolute Gasteiger partial charge is 0.497 e. The molecule has 1 aromatic rings. The summed E-state index contributed by atoms with van der Waals surface area (Å²) in [6.07, 6.45) is 0. The molecule has 0 saturated heterocycles. The second kappa shape index (κ2) is 4.22. The Morgan fingerprint density at radius 1 is 1.38 bits per heavy atom. The van der Waals surface area contributed by atoms with Crippen LogP contribution in [0.1, 0.15) is 18.4 Å². The molecule has 0 spiro atoms. The molecule has 0 fully saturated rings. The fourth-order valence-corrected chi connectivity index (χ4v) is 2.16. The normalized spacial score (nSPS) is 19.9. The van der Waals surface area contributed by atoms with Gasteiger partial charge < -0.3 is 20.5 Å². The van der Waals surface area contributed by atoms with Gasteiger partial charge in [0.2, 0.25) is 0 Å². The van der Waals surface area contributed by atoms with Crippen molar-refractivity contribution in [3.05, 3.63) is 17.7 Å². The van der Waals surface area contributed by atoms with Gasteiger partial charge in [0.05, 0.1) is 19.9 Å². The first-order valence-electron chi connectivity index (χ1n) is 5.42. The van der Waals surface area contributed by atoms with Gasteiger partial charge in [0.25, 0.3) is 0 Å². The van der Waals surface area contributed by atoms with Crippen molar-refractivity contribution in [3.8, 4) is 11.5 Å². The fourth-order valence-electron chi connectivity index (χ4n) is 2.16. The van der Waals surface area contributed by atoms with Crippen molar-refractivity contribution >= 4 is 5.69 Å². The molecular formula is C12H18N2O2. The van der Waals surface area contributed by atoms with E-state index < -0.39 is 0 Å². The van der Waals surface area contributed by atoms with Crippen LogP contribution in [0.25, 0.3) is 0 Å². The molecule has 88 valence electrons. The first kappa shape index (κ1) is 11.1. The summed E-state index contributed by atoms with van der Waals surface area (Å²) >= 11 is 0. The van der Waals surface area contributed by atoms with Crippen molar-refractivity contribution in [2.45, 2.75) is 18.9 Å². The van der Waals surface area contributed by atoms with Crippen LogP contribution in [0.15, 0.2) is 12.1 Å². The minimum absolute atomic E-state index is 0.116. The molecule has 1 aliphatic heterocycles. The average molecular weight is 222 g/mol. The van der Waals surface area contributed by atoms with Crippen LogP contribution in [0, 0.1) is 0 Å². The predicted octanol–water partition coefficient (Wildman–Crippen LogP) is 1.56. The van der Waals surface area contributed by atoms with Crippen molar-refractivity contribution in [3.63, 3.8) is 0 Å². The van der Waals surface area contributed by atoms with Gasteiger partial charge >= 0.3 is 0 Å². The number of nitrogens with one attached hydrogen (secondary N) is 1. The maximum Gasteiger partial charge on any atom is 0.145 e. The maximum absolute atomic E-state index is 5.97. The number of anilines is 1. The lowest BCUT2D eigenvalue weighted by Gasteiger charge is -2.15. The average Bonchev–Trinajstić information content (AvgIpc) is 2.71. The molecule has 1 aromatic carbocycles. The summed E-state index contributed by atoms with van der Waals surface area (Å²) in [5.41, 5.74) is 8.21. The van der Waals surface area contributed by atoms with E-state index >= 15 is 0 Å². The van der Waals surface area contributed by atoms with E-state index in [1.165, 1.54) is 5.56 Å². The Hall–Kier alpha value is -1.42. The zero-order valence-corrected chi connectivity index (χ0v) is 9.91. The maximum atomic E-state index is 5.97. The van der Waals surface area contributed by atoms with Gasteiger partial charge in [-0.2, -0.15) is 0 Å². The molecule has 0 saturated carbocycles. The Kier molecular flexibility index (Phi) is 2.92. The van der Waals surface area contributed by atoms with E-state index in [0.717, 1.165) is 23.7 Å². The summed E-state index contributed by atoms with van der Waals surface area (Å²) in [6, 6.07) is 4.03. The number of hydrogen-bond donors (Lipinski definition) is 2. The highest BCUT2D eigenvalue weighted by molar-refractivity contribution is 5.69. The third-order valence-electron chi connectivity index (χ3n) is 3.09. The second-order valence-corrected chi connectivity index (χ2v) is 4.14. The molecule has 2 unspecified atom stereocenters. The predicted molar refractivity (Wildman–Crippen MR) is 64.4 cm³/mol. The SMILES string of the molecule is COc1cc(OC)c2c(c1)C(C(C)N)CN2. The topological polar surface area (TPSA) is 56.5 Å². The lowest BCUT2D eigenvalue weighted by molar-refractivity contribution is 0.395. The highest BCUT2D eigenvalue weighted by atomic mass is 16.5. The Morgan fingerprint density at radius 3 is 2.69 bits per heavy atom. The molecule has 4 nitrogen and oxygen atoms in total. The van der Waals surface area contributed by atoms with Gasteiger partial charge in [-0.25, -0.2) is 0 Å². The molecule has 4 heteroatoms. The number of fused-ring (bicyclic) bond motifs is 1. The van der Waals surface area contributed by atoms with Crippen LogP contribution in [0.5, 0.6) is 11.5 Å². The van der Waals surface area contributed by atoms with Gasteiger partial charge in [-0.1, -0.05) is 0 Å². The summed E-state index contributed by atoms with van der Waals surface area (Å²) in [5.74, 6) is 1.95. The molecule has 0 aliphatic carbocycles. The number of methoxy groups -OCH3 is 2.